The lowest BCUT2D eigenvalue weighted by molar-refractivity contribution is -0.116. The monoisotopic (exact) mass is 316 g/mol. The second kappa shape index (κ2) is 11.4. The summed E-state index contributed by atoms with van der Waals surface area (Å²) >= 11 is 0. The van der Waals surface area contributed by atoms with Gasteiger partial charge >= 0.3 is 0 Å². The highest BCUT2D eigenvalue weighted by molar-refractivity contribution is 5.90. The highest BCUT2D eigenvalue weighted by atomic mass is 35.5. The molecule has 0 aromatic heterocycles. The van der Waals surface area contributed by atoms with Crippen LogP contribution < -0.4 is 15.8 Å². The van der Waals surface area contributed by atoms with Crippen LogP contribution in [0.1, 0.15) is 26.2 Å². The van der Waals surface area contributed by atoms with E-state index in [9.17, 15) is 4.79 Å². The van der Waals surface area contributed by atoms with Crippen LogP contribution in [0.5, 0.6) is 5.75 Å². The molecule has 0 aliphatic rings. The van der Waals surface area contributed by atoms with E-state index in [0.29, 0.717) is 26.1 Å². The second-order valence-corrected chi connectivity index (χ2v) is 4.79. The Labute approximate surface area is 132 Å². The van der Waals surface area contributed by atoms with Gasteiger partial charge in [-0.05, 0) is 25.5 Å². The van der Waals surface area contributed by atoms with Gasteiger partial charge in [-0.1, -0.05) is 6.07 Å². The maximum absolute atomic E-state index is 11.7. The van der Waals surface area contributed by atoms with Gasteiger partial charge in [-0.3, -0.25) is 4.79 Å². The number of benzene rings is 1. The summed E-state index contributed by atoms with van der Waals surface area (Å²) in [7, 11) is 1.67. The van der Waals surface area contributed by atoms with Crippen LogP contribution in [-0.4, -0.2) is 32.3 Å². The van der Waals surface area contributed by atoms with Crippen LogP contribution in [0, 0.1) is 0 Å². The summed E-state index contributed by atoms with van der Waals surface area (Å²) in [6.07, 6.45) is 1.94. The third-order valence-corrected chi connectivity index (χ3v) is 2.71. The van der Waals surface area contributed by atoms with Crippen molar-refractivity contribution in [2.45, 2.75) is 32.2 Å². The lowest BCUT2D eigenvalue weighted by atomic mass is 10.2. The molecular formula is C15H25ClN2O3. The zero-order chi connectivity index (χ0) is 14.8. The Bertz CT molecular complexity index is 414. The van der Waals surface area contributed by atoms with Crippen molar-refractivity contribution in [1.29, 1.82) is 0 Å². The molecule has 0 radical (unpaired) electrons. The molecule has 1 aromatic carbocycles. The maximum atomic E-state index is 11.7. The molecule has 0 aliphatic heterocycles. The summed E-state index contributed by atoms with van der Waals surface area (Å²) in [5.41, 5.74) is 6.37. The molecule has 1 aromatic rings. The van der Waals surface area contributed by atoms with Crippen molar-refractivity contribution in [3.63, 3.8) is 0 Å². The van der Waals surface area contributed by atoms with E-state index in [1.807, 2.05) is 31.2 Å². The number of carbonyl (C=O) groups is 1. The van der Waals surface area contributed by atoms with E-state index >= 15 is 0 Å². The van der Waals surface area contributed by atoms with E-state index < -0.39 is 0 Å². The standard InChI is InChI=1S/C15H24N2O3.ClH/c1-12(16)7-8-15(18)17-13-5-3-6-14(11-13)20-10-4-9-19-2;/h3,5-6,11-12H,4,7-10,16H2,1-2H3,(H,17,18);1H. The van der Waals surface area contributed by atoms with Gasteiger partial charge in [-0.2, -0.15) is 0 Å². The van der Waals surface area contributed by atoms with Crippen LogP contribution in [0.15, 0.2) is 24.3 Å². The number of hydrogen-bond donors (Lipinski definition) is 2. The highest BCUT2D eigenvalue weighted by Gasteiger charge is 2.05. The number of rotatable bonds is 9. The molecule has 0 saturated heterocycles. The molecule has 120 valence electrons. The first-order chi connectivity index (χ1) is 9.61. The molecule has 1 atom stereocenters. The van der Waals surface area contributed by atoms with Gasteiger partial charge in [0.25, 0.3) is 0 Å². The summed E-state index contributed by atoms with van der Waals surface area (Å²) in [4.78, 5) is 11.7. The first-order valence-corrected chi connectivity index (χ1v) is 6.89. The van der Waals surface area contributed by atoms with Gasteiger partial charge < -0.3 is 20.5 Å². The van der Waals surface area contributed by atoms with Crippen molar-refractivity contribution in [2.75, 3.05) is 25.6 Å². The van der Waals surface area contributed by atoms with E-state index in [1.54, 1.807) is 7.11 Å². The van der Waals surface area contributed by atoms with Crippen LogP contribution in [0.25, 0.3) is 0 Å². The number of nitrogens with two attached hydrogens (primary N) is 1. The second-order valence-electron chi connectivity index (χ2n) is 4.79. The molecule has 0 spiro atoms. The number of amides is 1. The fourth-order valence-electron chi connectivity index (χ4n) is 1.64. The molecule has 21 heavy (non-hydrogen) atoms. The SMILES string of the molecule is COCCCOc1cccc(NC(=O)CCC(C)N)c1.Cl. The average molecular weight is 317 g/mol. The molecular weight excluding hydrogens is 292 g/mol. The summed E-state index contributed by atoms with van der Waals surface area (Å²) in [6, 6.07) is 7.41. The molecule has 6 heteroatoms. The van der Waals surface area contributed by atoms with Gasteiger partial charge in [0.2, 0.25) is 5.91 Å². The lowest BCUT2D eigenvalue weighted by Gasteiger charge is -2.09. The Kier molecular flexibility index (Phi) is 10.7. The Morgan fingerprint density at radius 3 is 2.81 bits per heavy atom. The molecule has 0 heterocycles. The van der Waals surface area contributed by atoms with Crippen molar-refractivity contribution in [2.24, 2.45) is 5.73 Å². The first kappa shape index (κ1) is 19.7. The largest absolute Gasteiger partial charge is 0.493 e. The van der Waals surface area contributed by atoms with Gasteiger partial charge in [0, 0.05) is 44.4 Å². The predicted octanol–water partition coefficient (Wildman–Crippen LogP) is 2.59. The molecule has 0 aliphatic carbocycles. The molecule has 3 N–H and O–H groups in total. The fourth-order valence-corrected chi connectivity index (χ4v) is 1.64. The topological polar surface area (TPSA) is 73.6 Å². The Balaban J connectivity index is 0.00000400. The minimum Gasteiger partial charge on any atom is -0.493 e. The van der Waals surface area contributed by atoms with Crippen molar-refractivity contribution < 1.29 is 14.3 Å². The molecule has 1 rings (SSSR count). The van der Waals surface area contributed by atoms with Crippen molar-refractivity contribution >= 4 is 24.0 Å². The van der Waals surface area contributed by atoms with E-state index in [4.69, 9.17) is 15.2 Å². The Hall–Kier alpha value is -1.30. The minimum absolute atomic E-state index is 0. The fraction of sp³-hybridized carbons (Fsp3) is 0.533. The summed E-state index contributed by atoms with van der Waals surface area (Å²) in [5.74, 6) is 0.713. The van der Waals surface area contributed by atoms with E-state index in [-0.39, 0.29) is 24.4 Å². The molecule has 1 unspecified atom stereocenters. The van der Waals surface area contributed by atoms with Gasteiger partial charge in [-0.25, -0.2) is 0 Å². The number of ether oxygens (including phenoxy) is 2. The third-order valence-electron chi connectivity index (χ3n) is 2.71. The average Bonchev–Trinajstić information content (AvgIpc) is 2.42. The number of nitrogens with one attached hydrogen (secondary N) is 1. The van der Waals surface area contributed by atoms with Crippen LogP contribution in [0.2, 0.25) is 0 Å². The number of methoxy groups -OCH3 is 1. The summed E-state index contributed by atoms with van der Waals surface area (Å²) in [5, 5.41) is 2.84. The number of halogens is 1. The normalized spacial score (nSPS) is 11.4. The zero-order valence-corrected chi connectivity index (χ0v) is 13.4. The van der Waals surface area contributed by atoms with Crippen molar-refractivity contribution in [3.8, 4) is 5.75 Å². The van der Waals surface area contributed by atoms with E-state index in [1.165, 1.54) is 0 Å². The Morgan fingerprint density at radius 1 is 1.38 bits per heavy atom. The van der Waals surface area contributed by atoms with E-state index in [0.717, 1.165) is 17.9 Å². The number of carbonyl (C=O) groups excluding carboxylic acids is 1. The van der Waals surface area contributed by atoms with Gasteiger partial charge in [0.1, 0.15) is 5.75 Å². The van der Waals surface area contributed by atoms with Crippen molar-refractivity contribution in [1.82, 2.24) is 0 Å². The summed E-state index contributed by atoms with van der Waals surface area (Å²) in [6.45, 7) is 3.16. The lowest BCUT2D eigenvalue weighted by Crippen LogP contribution is -2.19. The van der Waals surface area contributed by atoms with Crippen molar-refractivity contribution in [3.05, 3.63) is 24.3 Å². The zero-order valence-electron chi connectivity index (χ0n) is 12.6. The van der Waals surface area contributed by atoms with Crippen LogP contribution in [0.3, 0.4) is 0 Å². The van der Waals surface area contributed by atoms with Crippen LogP contribution in [-0.2, 0) is 9.53 Å². The van der Waals surface area contributed by atoms with Gasteiger partial charge in [-0.15, -0.1) is 12.4 Å². The number of hydrogen-bond acceptors (Lipinski definition) is 4. The van der Waals surface area contributed by atoms with Crippen LogP contribution >= 0.6 is 12.4 Å². The molecule has 0 saturated carbocycles. The highest BCUT2D eigenvalue weighted by Crippen LogP contribution is 2.17. The third kappa shape index (κ3) is 9.28. The molecule has 0 bridgehead atoms. The predicted molar refractivity (Wildman–Crippen MR) is 87.2 cm³/mol. The summed E-state index contributed by atoms with van der Waals surface area (Å²) < 4.78 is 10.5. The number of anilines is 1. The molecule has 1 amide bonds. The maximum Gasteiger partial charge on any atom is 0.224 e. The molecule has 5 nitrogen and oxygen atoms in total. The smallest absolute Gasteiger partial charge is 0.224 e. The van der Waals surface area contributed by atoms with Gasteiger partial charge in [0.05, 0.1) is 6.61 Å². The van der Waals surface area contributed by atoms with Crippen LogP contribution in [0.4, 0.5) is 5.69 Å². The first-order valence-electron chi connectivity index (χ1n) is 6.89. The minimum atomic E-state index is -0.0289. The molecule has 0 fully saturated rings. The van der Waals surface area contributed by atoms with E-state index in [2.05, 4.69) is 5.32 Å². The quantitative estimate of drug-likeness (QED) is 0.687. The van der Waals surface area contributed by atoms with Gasteiger partial charge in [0.15, 0.2) is 0 Å². The Morgan fingerprint density at radius 2 is 2.14 bits per heavy atom.